The zero-order valence-electron chi connectivity index (χ0n) is 8.74. The maximum absolute atomic E-state index is 8.67. The van der Waals surface area contributed by atoms with Crippen LogP contribution in [0.3, 0.4) is 0 Å². The lowest BCUT2D eigenvalue weighted by molar-refractivity contribution is 0.276. The number of aliphatic hydroxyl groups excluding tert-OH is 1. The Morgan fingerprint density at radius 2 is 2.00 bits per heavy atom. The minimum atomic E-state index is 0.289. The zero-order valence-corrected chi connectivity index (χ0v) is 8.74. The Morgan fingerprint density at radius 1 is 1.29 bits per heavy atom. The van der Waals surface area contributed by atoms with E-state index in [0.29, 0.717) is 6.04 Å². The summed E-state index contributed by atoms with van der Waals surface area (Å²) in [6.45, 7) is 3.35. The van der Waals surface area contributed by atoms with E-state index in [0.717, 1.165) is 19.4 Å². The van der Waals surface area contributed by atoms with Crippen LogP contribution >= 0.6 is 0 Å². The third-order valence-electron chi connectivity index (χ3n) is 2.29. The zero-order chi connectivity index (χ0) is 10.2. The van der Waals surface area contributed by atoms with Gasteiger partial charge in [0.15, 0.2) is 0 Å². The number of nitrogens with one attached hydrogen (secondary N) is 1. The van der Waals surface area contributed by atoms with Crippen LogP contribution in [0.25, 0.3) is 0 Å². The molecule has 2 nitrogen and oxygen atoms in total. The fourth-order valence-electron chi connectivity index (χ4n) is 1.39. The van der Waals surface area contributed by atoms with Gasteiger partial charge in [-0.3, -0.25) is 0 Å². The van der Waals surface area contributed by atoms with E-state index in [9.17, 15) is 0 Å². The largest absolute Gasteiger partial charge is 0.396 e. The molecule has 0 spiro atoms. The quantitative estimate of drug-likeness (QED) is 0.723. The molecule has 2 heteroatoms. The van der Waals surface area contributed by atoms with Gasteiger partial charge in [-0.1, -0.05) is 30.3 Å². The lowest BCUT2D eigenvalue weighted by Gasteiger charge is -2.12. The second-order valence-corrected chi connectivity index (χ2v) is 3.63. The highest BCUT2D eigenvalue weighted by molar-refractivity contribution is 5.14. The average Bonchev–Trinajstić information content (AvgIpc) is 2.25. The van der Waals surface area contributed by atoms with E-state index in [-0.39, 0.29) is 6.61 Å². The van der Waals surface area contributed by atoms with Gasteiger partial charge < -0.3 is 10.4 Å². The number of rotatable bonds is 6. The van der Waals surface area contributed by atoms with Gasteiger partial charge in [-0.25, -0.2) is 0 Å². The smallest absolute Gasteiger partial charge is 0.0431 e. The van der Waals surface area contributed by atoms with Crippen molar-refractivity contribution in [2.45, 2.75) is 32.4 Å². The Bertz CT molecular complexity index is 235. The summed E-state index contributed by atoms with van der Waals surface area (Å²) >= 11 is 0. The van der Waals surface area contributed by atoms with Gasteiger partial charge in [0.25, 0.3) is 0 Å². The first-order chi connectivity index (χ1) is 6.83. The summed E-state index contributed by atoms with van der Waals surface area (Å²) in [5.41, 5.74) is 1.31. The van der Waals surface area contributed by atoms with Crippen molar-refractivity contribution in [3.05, 3.63) is 35.9 Å². The second kappa shape index (κ2) is 6.57. The molecule has 0 radical (unpaired) electrons. The molecule has 78 valence electrons. The van der Waals surface area contributed by atoms with Crippen molar-refractivity contribution in [3.8, 4) is 0 Å². The van der Waals surface area contributed by atoms with Gasteiger partial charge in [0.1, 0.15) is 0 Å². The topological polar surface area (TPSA) is 32.3 Å². The van der Waals surface area contributed by atoms with E-state index in [1.54, 1.807) is 0 Å². The Labute approximate surface area is 86.0 Å². The summed E-state index contributed by atoms with van der Waals surface area (Å²) in [7, 11) is 0. The molecule has 0 bridgehead atoms. The Morgan fingerprint density at radius 3 is 2.64 bits per heavy atom. The molecule has 0 aromatic heterocycles. The van der Waals surface area contributed by atoms with Crippen LogP contribution < -0.4 is 5.32 Å². The van der Waals surface area contributed by atoms with Crippen molar-refractivity contribution >= 4 is 0 Å². The van der Waals surface area contributed by atoms with Crippen LogP contribution in [0.15, 0.2) is 30.3 Å². The van der Waals surface area contributed by atoms with Crippen LogP contribution in [-0.4, -0.2) is 17.8 Å². The summed E-state index contributed by atoms with van der Waals surface area (Å²) in [5.74, 6) is 0. The van der Waals surface area contributed by atoms with E-state index >= 15 is 0 Å². The van der Waals surface area contributed by atoms with Crippen molar-refractivity contribution in [1.29, 1.82) is 0 Å². The first-order valence-corrected chi connectivity index (χ1v) is 5.21. The third-order valence-corrected chi connectivity index (χ3v) is 2.29. The fraction of sp³-hybridized carbons (Fsp3) is 0.500. The molecule has 0 saturated heterocycles. The minimum absolute atomic E-state index is 0.289. The lowest BCUT2D eigenvalue weighted by Crippen LogP contribution is -2.25. The Hall–Kier alpha value is -0.860. The first kappa shape index (κ1) is 11.2. The predicted octanol–water partition coefficient (Wildman–Crippen LogP) is 1.94. The van der Waals surface area contributed by atoms with Gasteiger partial charge >= 0.3 is 0 Å². The van der Waals surface area contributed by atoms with E-state index in [1.165, 1.54) is 5.56 Å². The molecule has 0 fully saturated rings. The van der Waals surface area contributed by atoms with Crippen LogP contribution in [0.5, 0.6) is 0 Å². The second-order valence-electron chi connectivity index (χ2n) is 3.63. The van der Waals surface area contributed by atoms with Gasteiger partial charge in [0.05, 0.1) is 0 Å². The van der Waals surface area contributed by atoms with Crippen LogP contribution in [0.2, 0.25) is 0 Å². The fourth-order valence-corrected chi connectivity index (χ4v) is 1.39. The molecule has 1 aromatic rings. The van der Waals surface area contributed by atoms with E-state index in [4.69, 9.17) is 5.11 Å². The molecular formula is C12H19NO. The molecule has 2 N–H and O–H groups in total. The molecule has 0 aliphatic carbocycles. The predicted molar refractivity (Wildman–Crippen MR) is 59.1 cm³/mol. The first-order valence-electron chi connectivity index (χ1n) is 5.21. The summed E-state index contributed by atoms with van der Waals surface area (Å²) in [4.78, 5) is 0. The molecule has 1 rings (SSSR count). The van der Waals surface area contributed by atoms with E-state index in [1.807, 2.05) is 6.07 Å². The number of hydrogen-bond donors (Lipinski definition) is 2. The van der Waals surface area contributed by atoms with Crippen LogP contribution in [-0.2, 0) is 6.54 Å². The van der Waals surface area contributed by atoms with Gasteiger partial charge in [0.2, 0.25) is 0 Å². The van der Waals surface area contributed by atoms with Crippen molar-refractivity contribution in [1.82, 2.24) is 5.32 Å². The molecule has 1 unspecified atom stereocenters. The van der Waals surface area contributed by atoms with Crippen molar-refractivity contribution in [2.75, 3.05) is 6.61 Å². The van der Waals surface area contributed by atoms with Crippen molar-refractivity contribution < 1.29 is 5.11 Å². The van der Waals surface area contributed by atoms with E-state index < -0.39 is 0 Å². The normalized spacial score (nSPS) is 12.7. The van der Waals surface area contributed by atoms with Gasteiger partial charge in [-0.05, 0) is 25.3 Å². The summed E-state index contributed by atoms with van der Waals surface area (Å²) in [6.07, 6.45) is 1.91. The summed E-state index contributed by atoms with van der Waals surface area (Å²) in [6, 6.07) is 10.8. The molecule has 0 amide bonds. The highest BCUT2D eigenvalue weighted by Crippen LogP contribution is 2.00. The minimum Gasteiger partial charge on any atom is -0.396 e. The summed E-state index contributed by atoms with van der Waals surface area (Å²) < 4.78 is 0. The highest BCUT2D eigenvalue weighted by atomic mass is 16.2. The van der Waals surface area contributed by atoms with E-state index in [2.05, 4.69) is 36.5 Å². The highest BCUT2D eigenvalue weighted by Gasteiger charge is 1.99. The molecule has 0 heterocycles. The SMILES string of the molecule is CC(CCCO)NCc1ccccc1. The molecule has 0 aliphatic heterocycles. The number of hydrogen-bond acceptors (Lipinski definition) is 2. The molecular weight excluding hydrogens is 174 g/mol. The van der Waals surface area contributed by atoms with Gasteiger partial charge in [0, 0.05) is 19.2 Å². The van der Waals surface area contributed by atoms with Crippen LogP contribution in [0.1, 0.15) is 25.3 Å². The maximum Gasteiger partial charge on any atom is 0.0431 e. The monoisotopic (exact) mass is 193 g/mol. The lowest BCUT2D eigenvalue weighted by atomic mass is 10.1. The van der Waals surface area contributed by atoms with Gasteiger partial charge in [-0.2, -0.15) is 0 Å². The standard InChI is InChI=1S/C12H19NO/c1-11(6-5-9-14)13-10-12-7-3-2-4-8-12/h2-4,7-8,11,13-14H,5-6,9-10H2,1H3. The molecule has 1 atom stereocenters. The van der Waals surface area contributed by atoms with Crippen molar-refractivity contribution in [3.63, 3.8) is 0 Å². The maximum atomic E-state index is 8.67. The molecule has 14 heavy (non-hydrogen) atoms. The van der Waals surface area contributed by atoms with Crippen LogP contribution in [0, 0.1) is 0 Å². The van der Waals surface area contributed by atoms with Gasteiger partial charge in [-0.15, -0.1) is 0 Å². The Kier molecular flexibility index (Phi) is 5.27. The third kappa shape index (κ3) is 4.40. The van der Waals surface area contributed by atoms with Crippen molar-refractivity contribution in [2.24, 2.45) is 0 Å². The van der Waals surface area contributed by atoms with Crippen LogP contribution in [0.4, 0.5) is 0 Å². The molecule has 1 aromatic carbocycles. The molecule has 0 aliphatic rings. The summed E-state index contributed by atoms with van der Waals surface area (Å²) in [5, 5.41) is 12.1. The Balaban J connectivity index is 2.20. The average molecular weight is 193 g/mol. The number of aliphatic hydroxyl groups is 1. The number of benzene rings is 1. The molecule has 0 saturated carbocycles.